The van der Waals surface area contributed by atoms with Crippen molar-refractivity contribution in [3.05, 3.63) is 28.8 Å². The predicted octanol–water partition coefficient (Wildman–Crippen LogP) is 3.03. The highest BCUT2D eigenvalue weighted by molar-refractivity contribution is 6.30. The van der Waals surface area contributed by atoms with E-state index < -0.39 is 0 Å². The molecular weight excluding hydrogens is 274 g/mol. The first-order valence-electron chi connectivity index (χ1n) is 7.27. The first-order chi connectivity index (χ1) is 9.50. The highest BCUT2D eigenvalue weighted by atomic mass is 35.5. The van der Waals surface area contributed by atoms with Crippen LogP contribution in [0.25, 0.3) is 0 Å². The third kappa shape index (κ3) is 4.37. The Bertz CT molecular complexity index is 448. The number of aliphatic hydroxyl groups is 1. The van der Waals surface area contributed by atoms with Crippen LogP contribution >= 0.6 is 11.6 Å². The molecule has 1 aliphatic rings. The molecule has 0 aliphatic carbocycles. The standard InChI is InChI=1S/C16H24ClNO2/c1-16(2,6-3-7-19)11-18-10-14-9-12-8-13(17)4-5-15(12)20-14/h4-5,8,14,18-19H,3,6-7,9-11H2,1-2H3. The Balaban J connectivity index is 1.74. The molecule has 0 saturated heterocycles. The van der Waals surface area contributed by atoms with E-state index >= 15 is 0 Å². The van der Waals surface area contributed by atoms with Gasteiger partial charge in [0.2, 0.25) is 0 Å². The third-order valence-corrected chi connectivity index (χ3v) is 3.99. The fourth-order valence-electron chi connectivity index (χ4n) is 2.62. The molecule has 112 valence electrons. The quantitative estimate of drug-likeness (QED) is 0.813. The summed E-state index contributed by atoms with van der Waals surface area (Å²) in [6, 6.07) is 5.80. The van der Waals surface area contributed by atoms with Gasteiger partial charge in [-0.1, -0.05) is 25.4 Å². The van der Waals surface area contributed by atoms with E-state index in [0.29, 0.717) is 0 Å². The van der Waals surface area contributed by atoms with Gasteiger partial charge in [-0.25, -0.2) is 0 Å². The van der Waals surface area contributed by atoms with Crippen LogP contribution in [-0.4, -0.2) is 30.9 Å². The fourth-order valence-corrected chi connectivity index (χ4v) is 2.82. The molecule has 0 aromatic heterocycles. The summed E-state index contributed by atoms with van der Waals surface area (Å²) < 4.78 is 5.90. The second kappa shape index (κ2) is 6.79. The lowest BCUT2D eigenvalue weighted by Gasteiger charge is -2.25. The van der Waals surface area contributed by atoms with E-state index in [0.717, 1.165) is 43.1 Å². The van der Waals surface area contributed by atoms with Crippen LogP contribution in [0.15, 0.2) is 18.2 Å². The van der Waals surface area contributed by atoms with Crippen molar-refractivity contribution in [1.29, 1.82) is 0 Å². The Kier molecular flexibility index (Phi) is 5.30. The number of benzene rings is 1. The summed E-state index contributed by atoms with van der Waals surface area (Å²) in [6.07, 6.45) is 2.99. The molecule has 1 heterocycles. The second-order valence-electron chi connectivity index (χ2n) is 6.32. The smallest absolute Gasteiger partial charge is 0.123 e. The number of ether oxygens (including phenoxy) is 1. The number of hydrogen-bond donors (Lipinski definition) is 2. The van der Waals surface area contributed by atoms with Gasteiger partial charge >= 0.3 is 0 Å². The Morgan fingerprint density at radius 1 is 1.45 bits per heavy atom. The van der Waals surface area contributed by atoms with E-state index in [2.05, 4.69) is 19.2 Å². The van der Waals surface area contributed by atoms with Crippen LogP contribution in [0, 0.1) is 5.41 Å². The van der Waals surface area contributed by atoms with Gasteiger partial charge in [-0.2, -0.15) is 0 Å². The Labute approximate surface area is 126 Å². The number of aliphatic hydroxyl groups excluding tert-OH is 1. The van der Waals surface area contributed by atoms with E-state index in [4.69, 9.17) is 21.4 Å². The molecule has 0 fully saturated rings. The first kappa shape index (κ1) is 15.6. The number of nitrogens with one attached hydrogen (secondary N) is 1. The molecule has 3 nitrogen and oxygen atoms in total. The van der Waals surface area contributed by atoms with Crippen LogP contribution in [0.1, 0.15) is 32.3 Å². The molecule has 0 bridgehead atoms. The van der Waals surface area contributed by atoms with Crippen molar-refractivity contribution >= 4 is 11.6 Å². The maximum absolute atomic E-state index is 8.90. The normalized spacial score (nSPS) is 17.9. The Morgan fingerprint density at radius 3 is 3.00 bits per heavy atom. The minimum absolute atomic E-state index is 0.192. The summed E-state index contributed by atoms with van der Waals surface area (Å²) in [5.41, 5.74) is 1.40. The fraction of sp³-hybridized carbons (Fsp3) is 0.625. The summed E-state index contributed by atoms with van der Waals surface area (Å²) in [5.74, 6) is 0.959. The Hall–Kier alpha value is -0.770. The average molecular weight is 298 g/mol. The van der Waals surface area contributed by atoms with Crippen LogP contribution in [0.5, 0.6) is 5.75 Å². The van der Waals surface area contributed by atoms with Crippen molar-refractivity contribution in [2.24, 2.45) is 5.41 Å². The van der Waals surface area contributed by atoms with Gasteiger partial charge in [-0.05, 0) is 42.0 Å². The Morgan fingerprint density at radius 2 is 2.25 bits per heavy atom. The van der Waals surface area contributed by atoms with Crippen LogP contribution < -0.4 is 10.1 Å². The van der Waals surface area contributed by atoms with Gasteiger partial charge < -0.3 is 15.2 Å². The molecule has 0 saturated carbocycles. The van der Waals surface area contributed by atoms with Gasteiger partial charge in [-0.3, -0.25) is 0 Å². The summed E-state index contributed by atoms with van der Waals surface area (Å²) >= 11 is 5.99. The van der Waals surface area contributed by atoms with Crippen molar-refractivity contribution in [1.82, 2.24) is 5.32 Å². The molecule has 4 heteroatoms. The maximum Gasteiger partial charge on any atom is 0.123 e. The highest BCUT2D eigenvalue weighted by Gasteiger charge is 2.24. The monoisotopic (exact) mass is 297 g/mol. The van der Waals surface area contributed by atoms with Crippen molar-refractivity contribution in [2.45, 2.75) is 39.2 Å². The summed E-state index contributed by atoms with van der Waals surface area (Å²) in [7, 11) is 0. The molecular formula is C16H24ClNO2. The molecule has 1 unspecified atom stereocenters. The molecule has 1 aliphatic heterocycles. The van der Waals surface area contributed by atoms with E-state index in [-0.39, 0.29) is 18.1 Å². The van der Waals surface area contributed by atoms with Gasteiger partial charge in [0.05, 0.1) is 0 Å². The highest BCUT2D eigenvalue weighted by Crippen LogP contribution is 2.31. The molecule has 0 radical (unpaired) electrons. The van der Waals surface area contributed by atoms with Gasteiger partial charge in [0.15, 0.2) is 0 Å². The van der Waals surface area contributed by atoms with Crippen LogP contribution in [-0.2, 0) is 6.42 Å². The number of halogens is 1. The molecule has 2 N–H and O–H groups in total. The zero-order valence-electron chi connectivity index (χ0n) is 12.3. The van der Waals surface area contributed by atoms with Crippen molar-refractivity contribution in [3.63, 3.8) is 0 Å². The van der Waals surface area contributed by atoms with Crippen molar-refractivity contribution in [2.75, 3.05) is 19.7 Å². The second-order valence-corrected chi connectivity index (χ2v) is 6.75. The molecule has 2 rings (SSSR count). The molecule has 20 heavy (non-hydrogen) atoms. The minimum Gasteiger partial charge on any atom is -0.488 e. The summed E-state index contributed by atoms with van der Waals surface area (Å²) in [4.78, 5) is 0. The zero-order chi connectivity index (χ0) is 14.6. The molecule has 1 aromatic carbocycles. The third-order valence-electron chi connectivity index (χ3n) is 3.75. The zero-order valence-corrected chi connectivity index (χ0v) is 13.0. The lowest BCUT2D eigenvalue weighted by molar-refractivity contribution is 0.205. The van der Waals surface area contributed by atoms with E-state index in [1.807, 2.05) is 18.2 Å². The van der Waals surface area contributed by atoms with Crippen LogP contribution in [0.4, 0.5) is 0 Å². The molecule has 0 spiro atoms. The lowest BCUT2D eigenvalue weighted by Crippen LogP contribution is -2.36. The molecule has 0 amide bonds. The average Bonchev–Trinajstić information content (AvgIpc) is 2.78. The maximum atomic E-state index is 8.90. The molecule has 1 atom stereocenters. The van der Waals surface area contributed by atoms with Gasteiger partial charge in [-0.15, -0.1) is 0 Å². The predicted molar refractivity (Wildman–Crippen MR) is 82.5 cm³/mol. The minimum atomic E-state index is 0.192. The van der Waals surface area contributed by atoms with Crippen molar-refractivity contribution < 1.29 is 9.84 Å². The number of rotatable bonds is 7. The van der Waals surface area contributed by atoms with Gasteiger partial charge in [0, 0.05) is 31.1 Å². The lowest BCUT2D eigenvalue weighted by atomic mass is 9.88. The van der Waals surface area contributed by atoms with E-state index in [1.54, 1.807) is 0 Å². The van der Waals surface area contributed by atoms with E-state index in [1.165, 1.54) is 5.56 Å². The van der Waals surface area contributed by atoms with Gasteiger partial charge in [0.1, 0.15) is 11.9 Å². The number of fused-ring (bicyclic) bond motifs is 1. The first-order valence-corrected chi connectivity index (χ1v) is 7.65. The van der Waals surface area contributed by atoms with Gasteiger partial charge in [0.25, 0.3) is 0 Å². The summed E-state index contributed by atoms with van der Waals surface area (Å²) in [5, 5.41) is 13.2. The SMILES string of the molecule is CC(C)(CCCO)CNCC1Cc2cc(Cl)ccc2O1. The van der Waals surface area contributed by atoms with Crippen LogP contribution in [0.2, 0.25) is 5.02 Å². The largest absolute Gasteiger partial charge is 0.488 e. The van der Waals surface area contributed by atoms with E-state index in [9.17, 15) is 0 Å². The number of hydrogen-bond acceptors (Lipinski definition) is 3. The molecule has 1 aromatic rings. The van der Waals surface area contributed by atoms with Crippen LogP contribution in [0.3, 0.4) is 0 Å². The summed E-state index contributed by atoms with van der Waals surface area (Å²) in [6.45, 7) is 6.49. The van der Waals surface area contributed by atoms with Crippen molar-refractivity contribution in [3.8, 4) is 5.75 Å². The topological polar surface area (TPSA) is 41.5 Å².